The molecule has 0 fully saturated rings. The quantitative estimate of drug-likeness (QED) is 0.842. The molecule has 1 aliphatic rings. The van der Waals surface area contributed by atoms with Gasteiger partial charge in [-0.2, -0.15) is 0 Å². The summed E-state index contributed by atoms with van der Waals surface area (Å²) in [5.41, 5.74) is 5.33. The Balaban J connectivity index is 2.08. The fourth-order valence-electron chi connectivity index (χ4n) is 2.33. The van der Waals surface area contributed by atoms with Crippen LogP contribution in [-0.4, -0.2) is 32.4 Å². The molecule has 2 N–H and O–H groups in total. The number of hydrogen-bond acceptors (Lipinski definition) is 3. The molecule has 5 heteroatoms. The highest BCUT2D eigenvalue weighted by Crippen LogP contribution is 2.17. The Labute approximate surface area is 102 Å². The van der Waals surface area contributed by atoms with Crippen LogP contribution in [0.25, 0.3) is 0 Å². The summed E-state index contributed by atoms with van der Waals surface area (Å²) >= 11 is 0. The van der Waals surface area contributed by atoms with Crippen LogP contribution in [0.4, 0.5) is 0 Å². The Kier molecular flexibility index (Phi) is 3.19. The zero-order chi connectivity index (χ0) is 12.5. The van der Waals surface area contributed by atoms with Gasteiger partial charge in [-0.3, -0.25) is 4.79 Å². The van der Waals surface area contributed by atoms with E-state index in [0.29, 0.717) is 6.54 Å². The lowest BCUT2D eigenvalue weighted by Gasteiger charge is -2.34. The highest BCUT2D eigenvalue weighted by atomic mass is 16.2. The minimum atomic E-state index is -0.747. The normalized spacial score (nSPS) is 18.6. The van der Waals surface area contributed by atoms with Crippen LogP contribution in [-0.2, 0) is 17.9 Å². The highest BCUT2D eigenvalue weighted by molar-refractivity contribution is 5.85. The molecule has 0 bridgehead atoms. The predicted octanol–water partition coefficient (Wildman–Crippen LogP) is 0.743. The molecule has 5 nitrogen and oxygen atoms in total. The summed E-state index contributed by atoms with van der Waals surface area (Å²) in [5.74, 6) is 0.977. The molecular weight excluding hydrogens is 216 g/mol. The largest absolute Gasteiger partial charge is 0.332 e. The number of nitrogens with two attached hydrogens (primary N) is 1. The van der Waals surface area contributed by atoms with Crippen LogP contribution in [0.3, 0.4) is 0 Å². The lowest BCUT2D eigenvalue weighted by atomic mass is 9.95. The molecule has 94 valence electrons. The first-order valence-corrected chi connectivity index (χ1v) is 6.13. The first-order chi connectivity index (χ1) is 8.04. The summed E-state index contributed by atoms with van der Waals surface area (Å²) in [4.78, 5) is 18.4. The molecule has 1 atom stereocenters. The number of imidazole rings is 1. The number of fused-ring (bicyclic) bond motifs is 1. The van der Waals surface area contributed by atoms with Gasteiger partial charge in [0.05, 0.1) is 12.1 Å². The van der Waals surface area contributed by atoms with Gasteiger partial charge in [-0.15, -0.1) is 0 Å². The topological polar surface area (TPSA) is 64.2 Å². The summed E-state index contributed by atoms with van der Waals surface area (Å²) < 4.78 is 2.08. The van der Waals surface area contributed by atoms with Gasteiger partial charge >= 0.3 is 0 Å². The number of carbonyl (C=O) groups excluding carboxylic acids is 1. The van der Waals surface area contributed by atoms with Crippen molar-refractivity contribution in [1.29, 1.82) is 0 Å². The van der Waals surface area contributed by atoms with Gasteiger partial charge in [0.2, 0.25) is 5.91 Å². The first-order valence-electron chi connectivity index (χ1n) is 6.13. The van der Waals surface area contributed by atoms with E-state index in [2.05, 4.69) is 9.55 Å². The van der Waals surface area contributed by atoms with Crippen LogP contribution in [0, 0.1) is 0 Å². The third kappa shape index (κ3) is 2.34. The van der Waals surface area contributed by atoms with Gasteiger partial charge in [0.25, 0.3) is 0 Å². The fourth-order valence-corrected chi connectivity index (χ4v) is 2.33. The zero-order valence-corrected chi connectivity index (χ0v) is 10.5. The number of nitrogens with zero attached hydrogens (tertiary/aromatic N) is 3. The van der Waals surface area contributed by atoms with Crippen LogP contribution >= 0.6 is 0 Å². The Morgan fingerprint density at radius 2 is 2.35 bits per heavy atom. The molecule has 0 spiro atoms. The Morgan fingerprint density at radius 1 is 1.59 bits per heavy atom. The number of hydrogen-bond donors (Lipinski definition) is 1. The number of carbonyl (C=O) groups is 1. The van der Waals surface area contributed by atoms with Gasteiger partial charge in [-0.05, 0) is 13.3 Å². The molecule has 2 rings (SSSR count). The molecule has 0 radical (unpaired) electrons. The minimum absolute atomic E-state index is 0.0357. The average Bonchev–Trinajstić information content (AvgIpc) is 2.74. The van der Waals surface area contributed by atoms with E-state index >= 15 is 0 Å². The van der Waals surface area contributed by atoms with E-state index in [9.17, 15) is 4.79 Å². The SMILES string of the molecule is CCCC(C)(N)C(=O)N1CCn2ccnc2C1. The van der Waals surface area contributed by atoms with Gasteiger partial charge < -0.3 is 15.2 Å². The van der Waals surface area contributed by atoms with Crippen molar-refractivity contribution in [1.82, 2.24) is 14.5 Å². The summed E-state index contributed by atoms with van der Waals surface area (Å²) in [6.45, 7) is 5.96. The smallest absolute Gasteiger partial charge is 0.242 e. The van der Waals surface area contributed by atoms with Crippen molar-refractivity contribution in [2.75, 3.05) is 6.54 Å². The van der Waals surface area contributed by atoms with Crippen molar-refractivity contribution in [2.45, 2.75) is 45.3 Å². The summed E-state index contributed by atoms with van der Waals surface area (Å²) in [5, 5.41) is 0. The molecule has 0 saturated carbocycles. The van der Waals surface area contributed by atoms with Gasteiger partial charge in [0, 0.05) is 25.5 Å². The van der Waals surface area contributed by atoms with E-state index in [1.165, 1.54) is 0 Å². The second-order valence-electron chi connectivity index (χ2n) is 4.93. The van der Waals surface area contributed by atoms with E-state index in [-0.39, 0.29) is 5.91 Å². The van der Waals surface area contributed by atoms with Crippen LogP contribution in [0.2, 0.25) is 0 Å². The van der Waals surface area contributed by atoms with Crippen LogP contribution in [0.5, 0.6) is 0 Å². The second-order valence-corrected chi connectivity index (χ2v) is 4.93. The number of aromatic nitrogens is 2. The Hall–Kier alpha value is -1.36. The summed E-state index contributed by atoms with van der Waals surface area (Å²) in [7, 11) is 0. The van der Waals surface area contributed by atoms with E-state index in [4.69, 9.17) is 5.73 Å². The van der Waals surface area contributed by atoms with E-state index in [0.717, 1.165) is 31.8 Å². The number of rotatable bonds is 3. The highest BCUT2D eigenvalue weighted by Gasteiger charge is 2.33. The average molecular weight is 236 g/mol. The molecule has 2 heterocycles. The first kappa shape index (κ1) is 12.1. The van der Waals surface area contributed by atoms with Crippen molar-refractivity contribution in [3.8, 4) is 0 Å². The molecule has 1 aliphatic heterocycles. The van der Waals surface area contributed by atoms with Crippen molar-refractivity contribution in [3.05, 3.63) is 18.2 Å². The molecule has 1 aromatic heterocycles. The third-order valence-corrected chi connectivity index (χ3v) is 3.29. The van der Waals surface area contributed by atoms with E-state index in [1.54, 1.807) is 6.20 Å². The molecule has 0 aromatic carbocycles. The molecule has 17 heavy (non-hydrogen) atoms. The molecular formula is C12H20N4O. The standard InChI is InChI=1S/C12H20N4O/c1-3-4-12(2,13)11(17)16-8-7-15-6-5-14-10(15)9-16/h5-6H,3-4,7-9,13H2,1-2H3. The molecule has 1 unspecified atom stereocenters. The van der Waals surface area contributed by atoms with Crippen LogP contribution in [0.15, 0.2) is 12.4 Å². The lowest BCUT2D eigenvalue weighted by Crippen LogP contribution is -2.54. The van der Waals surface area contributed by atoms with Crippen molar-refractivity contribution >= 4 is 5.91 Å². The van der Waals surface area contributed by atoms with E-state index < -0.39 is 5.54 Å². The summed E-state index contributed by atoms with van der Waals surface area (Å²) in [6, 6.07) is 0. The zero-order valence-electron chi connectivity index (χ0n) is 10.5. The maximum Gasteiger partial charge on any atom is 0.242 e. The van der Waals surface area contributed by atoms with Gasteiger partial charge in [0.15, 0.2) is 0 Å². The van der Waals surface area contributed by atoms with Crippen LogP contribution < -0.4 is 5.73 Å². The Morgan fingerprint density at radius 3 is 3.06 bits per heavy atom. The molecule has 1 aromatic rings. The predicted molar refractivity (Wildman–Crippen MR) is 65.1 cm³/mol. The van der Waals surface area contributed by atoms with Gasteiger partial charge in [-0.25, -0.2) is 4.98 Å². The minimum Gasteiger partial charge on any atom is -0.332 e. The fraction of sp³-hybridized carbons (Fsp3) is 0.667. The van der Waals surface area contributed by atoms with Crippen molar-refractivity contribution in [2.24, 2.45) is 5.73 Å². The van der Waals surface area contributed by atoms with Gasteiger partial charge in [0.1, 0.15) is 5.82 Å². The lowest BCUT2D eigenvalue weighted by molar-refractivity contribution is -0.138. The van der Waals surface area contributed by atoms with Crippen molar-refractivity contribution < 1.29 is 4.79 Å². The van der Waals surface area contributed by atoms with Crippen LogP contribution in [0.1, 0.15) is 32.5 Å². The van der Waals surface area contributed by atoms with E-state index in [1.807, 2.05) is 24.9 Å². The third-order valence-electron chi connectivity index (χ3n) is 3.29. The molecule has 0 aliphatic carbocycles. The summed E-state index contributed by atoms with van der Waals surface area (Å²) in [6.07, 6.45) is 5.36. The van der Waals surface area contributed by atoms with Crippen molar-refractivity contribution in [3.63, 3.8) is 0 Å². The molecule has 0 saturated heterocycles. The maximum atomic E-state index is 12.3. The van der Waals surface area contributed by atoms with Gasteiger partial charge in [-0.1, -0.05) is 13.3 Å². The maximum absolute atomic E-state index is 12.3. The molecule has 1 amide bonds. The monoisotopic (exact) mass is 236 g/mol. The number of amides is 1. The Bertz CT molecular complexity index is 410. The second kappa shape index (κ2) is 4.49.